The molecule has 3 heterocycles. The molecule has 0 atom stereocenters. The zero-order chi connectivity index (χ0) is 21.0. The average Bonchev–Trinajstić information content (AvgIpc) is 3.28. The largest absolute Gasteiger partial charge is 0.348 e. The lowest BCUT2D eigenvalue weighted by molar-refractivity contribution is 0.0950. The number of hydrogen-bond donors (Lipinski definition) is 1. The Kier molecular flexibility index (Phi) is 4.94. The van der Waals surface area contributed by atoms with Crippen LogP contribution < -0.4 is 5.32 Å². The van der Waals surface area contributed by atoms with Crippen LogP contribution in [0.4, 0.5) is 0 Å². The highest BCUT2D eigenvalue weighted by molar-refractivity contribution is 6.00. The Morgan fingerprint density at radius 2 is 1.61 bits per heavy atom. The van der Waals surface area contributed by atoms with E-state index in [0.29, 0.717) is 23.4 Å². The predicted molar refractivity (Wildman–Crippen MR) is 119 cm³/mol. The second-order valence-corrected chi connectivity index (χ2v) is 7.10. The van der Waals surface area contributed by atoms with Gasteiger partial charge in [-0.2, -0.15) is 5.10 Å². The number of pyridine rings is 1. The Balaban J connectivity index is 1.59. The maximum Gasteiger partial charge on any atom is 0.255 e. The second kappa shape index (κ2) is 8.20. The minimum absolute atomic E-state index is 0.214. The quantitative estimate of drug-likeness (QED) is 0.471. The van der Waals surface area contributed by atoms with Crippen LogP contribution in [-0.2, 0) is 6.54 Å². The summed E-state index contributed by atoms with van der Waals surface area (Å²) in [5.74, 6) is -0.214. The fraction of sp³-hybridized carbons (Fsp3) is 0.0400. The van der Waals surface area contributed by atoms with E-state index in [9.17, 15) is 4.79 Å². The third-order valence-corrected chi connectivity index (χ3v) is 5.02. The van der Waals surface area contributed by atoms with Crippen molar-refractivity contribution < 1.29 is 4.79 Å². The first kappa shape index (κ1) is 18.7. The summed E-state index contributed by atoms with van der Waals surface area (Å²) in [6.45, 7) is 0.382. The Bertz CT molecular complexity index is 1330. The third-order valence-electron chi connectivity index (χ3n) is 5.02. The van der Waals surface area contributed by atoms with Crippen LogP contribution in [0.5, 0.6) is 0 Å². The lowest BCUT2D eigenvalue weighted by atomic mass is 10.1. The van der Waals surface area contributed by atoms with Crippen LogP contribution in [0.15, 0.2) is 97.5 Å². The Labute approximate surface area is 179 Å². The van der Waals surface area contributed by atoms with E-state index in [1.54, 1.807) is 23.1 Å². The number of benzene rings is 2. The predicted octanol–water partition coefficient (Wildman–Crippen LogP) is 4.39. The molecule has 0 aliphatic carbocycles. The highest BCUT2D eigenvalue weighted by Gasteiger charge is 2.19. The van der Waals surface area contributed by atoms with Crippen molar-refractivity contribution in [2.45, 2.75) is 6.54 Å². The van der Waals surface area contributed by atoms with Gasteiger partial charge in [0.25, 0.3) is 5.91 Å². The highest BCUT2D eigenvalue weighted by Crippen LogP contribution is 2.27. The lowest BCUT2D eigenvalue weighted by Crippen LogP contribution is -2.24. The van der Waals surface area contributed by atoms with Crippen molar-refractivity contribution in [3.63, 3.8) is 0 Å². The standard InChI is InChI=1S/C25H19N5O/c31-25(28-16-18-8-7-13-26-15-18)21-17-27-23-14-22(19-9-3-1-4-10-19)29-30(23)24(21)20-11-5-2-6-12-20/h1-15,17H,16H2,(H,28,31). The number of nitrogens with one attached hydrogen (secondary N) is 1. The van der Waals surface area contributed by atoms with E-state index in [-0.39, 0.29) is 5.91 Å². The molecule has 5 aromatic rings. The molecule has 0 fully saturated rings. The summed E-state index contributed by atoms with van der Waals surface area (Å²) in [6, 6.07) is 25.4. The van der Waals surface area contributed by atoms with E-state index in [0.717, 1.165) is 22.4 Å². The fourth-order valence-corrected chi connectivity index (χ4v) is 3.50. The average molecular weight is 405 g/mol. The van der Waals surface area contributed by atoms with Gasteiger partial charge in [-0.3, -0.25) is 9.78 Å². The molecule has 150 valence electrons. The summed E-state index contributed by atoms with van der Waals surface area (Å²) < 4.78 is 1.75. The Morgan fingerprint density at radius 3 is 2.32 bits per heavy atom. The SMILES string of the molecule is O=C(NCc1cccnc1)c1cnc2cc(-c3ccccc3)nn2c1-c1ccccc1. The molecule has 0 aliphatic heterocycles. The van der Waals surface area contributed by atoms with Crippen molar-refractivity contribution in [3.05, 3.63) is 109 Å². The van der Waals surface area contributed by atoms with Gasteiger partial charge in [-0.15, -0.1) is 0 Å². The molecule has 6 heteroatoms. The Hall–Kier alpha value is -4.32. The topological polar surface area (TPSA) is 72.2 Å². The molecule has 6 nitrogen and oxygen atoms in total. The molecule has 0 bridgehead atoms. The fourth-order valence-electron chi connectivity index (χ4n) is 3.50. The molecule has 1 N–H and O–H groups in total. The molecule has 1 amide bonds. The van der Waals surface area contributed by atoms with E-state index in [2.05, 4.69) is 15.3 Å². The van der Waals surface area contributed by atoms with Crippen molar-refractivity contribution >= 4 is 11.6 Å². The molecule has 5 rings (SSSR count). The molecule has 0 saturated carbocycles. The van der Waals surface area contributed by atoms with E-state index in [1.807, 2.05) is 78.9 Å². The van der Waals surface area contributed by atoms with Gasteiger partial charge in [0.05, 0.1) is 17.0 Å². The molecule has 0 radical (unpaired) electrons. The molecule has 2 aromatic carbocycles. The number of nitrogens with zero attached hydrogens (tertiary/aromatic N) is 4. The summed E-state index contributed by atoms with van der Waals surface area (Å²) in [5, 5.41) is 7.75. The molecule has 0 aliphatic rings. The van der Waals surface area contributed by atoms with Gasteiger partial charge in [0, 0.05) is 42.3 Å². The summed E-state index contributed by atoms with van der Waals surface area (Å²) in [5.41, 5.74) is 5.47. The third kappa shape index (κ3) is 3.79. The summed E-state index contributed by atoms with van der Waals surface area (Å²) in [4.78, 5) is 21.7. The molecule has 3 aromatic heterocycles. The molecular weight excluding hydrogens is 386 g/mol. The van der Waals surface area contributed by atoms with Crippen LogP contribution in [-0.4, -0.2) is 25.5 Å². The highest BCUT2D eigenvalue weighted by atomic mass is 16.1. The van der Waals surface area contributed by atoms with Gasteiger partial charge in [-0.05, 0) is 11.6 Å². The Morgan fingerprint density at radius 1 is 0.871 bits per heavy atom. The van der Waals surface area contributed by atoms with Gasteiger partial charge < -0.3 is 5.32 Å². The maximum atomic E-state index is 13.1. The first-order chi connectivity index (χ1) is 15.3. The number of aromatic nitrogens is 4. The number of carbonyl (C=O) groups excluding carboxylic acids is 1. The maximum absolute atomic E-state index is 13.1. The van der Waals surface area contributed by atoms with Crippen molar-refractivity contribution in [3.8, 4) is 22.5 Å². The van der Waals surface area contributed by atoms with Crippen molar-refractivity contribution in [2.75, 3.05) is 0 Å². The number of carbonyl (C=O) groups is 1. The number of rotatable bonds is 5. The molecule has 0 saturated heterocycles. The summed E-state index contributed by atoms with van der Waals surface area (Å²) >= 11 is 0. The first-order valence-corrected chi connectivity index (χ1v) is 9.96. The van der Waals surface area contributed by atoms with E-state index in [1.165, 1.54) is 0 Å². The van der Waals surface area contributed by atoms with Gasteiger partial charge in [0.1, 0.15) is 0 Å². The number of fused-ring (bicyclic) bond motifs is 1. The molecule has 31 heavy (non-hydrogen) atoms. The van der Waals surface area contributed by atoms with Crippen molar-refractivity contribution in [1.82, 2.24) is 24.9 Å². The number of amides is 1. The van der Waals surface area contributed by atoms with Gasteiger partial charge >= 0.3 is 0 Å². The molecule has 0 unspecified atom stereocenters. The summed E-state index contributed by atoms with van der Waals surface area (Å²) in [7, 11) is 0. The van der Waals surface area contributed by atoms with E-state index >= 15 is 0 Å². The second-order valence-electron chi connectivity index (χ2n) is 7.10. The van der Waals surface area contributed by atoms with E-state index < -0.39 is 0 Å². The zero-order valence-corrected chi connectivity index (χ0v) is 16.6. The number of hydrogen-bond acceptors (Lipinski definition) is 4. The van der Waals surface area contributed by atoms with Gasteiger partial charge in [0.15, 0.2) is 5.65 Å². The van der Waals surface area contributed by atoms with Crippen LogP contribution >= 0.6 is 0 Å². The van der Waals surface area contributed by atoms with Crippen molar-refractivity contribution in [1.29, 1.82) is 0 Å². The van der Waals surface area contributed by atoms with E-state index in [4.69, 9.17) is 5.10 Å². The van der Waals surface area contributed by atoms with Crippen LogP contribution in [0, 0.1) is 0 Å². The normalized spacial score (nSPS) is 10.8. The molecule has 0 spiro atoms. The van der Waals surface area contributed by atoms with Crippen molar-refractivity contribution in [2.24, 2.45) is 0 Å². The lowest BCUT2D eigenvalue weighted by Gasteiger charge is -2.12. The van der Waals surface area contributed by atoms with Crippen LogP contribution in [0.2, 0.25) is 0 Å². The van der Waals surface area contributed by atoms with Crippen LogP contribution in [0.1, 0.15) is 15.9 Å². The smallest absolute Gasteiger partial charge is 0.255 e. The van der Waals surface area contributed by atoms with Gasteiger partial charge in [-0.1, -0.05) is 66.7 Å². The minimum atomic E-state index is -0.214. The minimum Gasteiger partial charge on any atom is -0.348 e. The van der Waals surface area contributed by atoms with Gasteiger partial charge in [0.2, 0.25) is 0 Å². The summed E-state index contributed by atoms with van der Waals surface area (Å²) in [6.07, 6.45) is 5.06. The molecular formula is C25H19N5O. The van der Waals surface area contributed by atoms with Crippen LogP contribution in [0.3, 0.4) is 0 Å². The first-order valence-electron chi connectivity index (χ1n) is 9.96. The zero-order valence-electron chi connectivity index (χ0n) is 16.6. The monoisotopic (exact) mass is 405 g/mol. The van der Waals surface area contributed by atoms with Crippen LogP contribution in [0.25, 0.3) is 28.2 Å². The van der Waals surface area contributed by atoms with Gasteiger partial charge in [-0.25, -0.2) is 9.50 Å².